The molecule has 0 atom stereocenters. The molecule has 2 N–H and O–H groups in total. The summed E-state index contributed by atoms with van der Waals surface area (Å²) in [6.07, 6.45) is 7.86. The van der Waals surface area contributed by atoms with Gasteiger partial charge in [0.1, 0.15) is 0 Å². The summed E-state index contributed by atoms with van der Waals surface area (Å²) in [4.78, 5) is 2.29. The molecule has 0 aromatic heterocycles. The predicted molar refractivity (Wildman–Crippen MR) is 88.5 cm³/mol. The average Bonchev–Trinajstić information content (AvgIpc) is 2.46. The predicted octanol–water partition coefficient (Wildman–Crippen LogP) is 3.53. The molecule has 0 saturated heterocycles. The second-order valence-corrected chi connectivity index (χ2v) is 4.97. The minimum Gasteiger partial charge on any atom is -0.399 e. The first-order valence-electron chi connectivity index (χ1n) is 7.17. The molecule has 0 aliphatic rings. The van der Waals surface area contributed by atoms with Crippen LogP contribution in [0.1, 0.15) is 18.9 Å². The Kier molecular flexibility index (Phi) is 7.44. The monoisotopic (exact) mass is 270 g/mol. The minimum absolute atomic E-state index is 0.848. The maximum absolute atomic E-state index is 6.09. The van der Waals surface area contributed by atoms with Crippen LogP contribution in [0.2, 0.25) is 0 Å². The highest BCUT2D eigenvalue weighted by Crippen LogP contribution is 2.08. The fraction of sp³-hybridized carbons (Fsp3) is 0.333. The molecule has 1 aromatic carbocycles. The average molecular weight is 270 g/mol. The molecule has 0 radical (unpaired) electrons. The van der Waals surface area contributed by atoms with Crippen LogP contribution >= 0.6 is 0 Å². The summed E-state index contributed by atoms with van der Waals surface area (Å²) >= 11 is 0. The topological polar surface area (TPSA) is 29.3 Å². The molecular formula is C18H26N2. The molecule has 20 heavy (non-hydrogen) atoms. The van der Waals surface area contributed by atoms with Gasteiger partial charge in [-0.3, -0.25) is 0 Å². The van der Waals surface area contributed by atoms with Gasteiger partial charge in [0.25, 0.3) is 0 Å². The largest absolute Gasteiger partial charge is 0.399 e. The van der Waals surface area contributed by atoms with Gasteiger partial charge in [-0.05, 0) is 31.0 Å². The molecule has 0 amide bonds. The first-order valence-corrected chi connectivity index (χ1v) is 7.17. The van der Waals surface area contributed by atoms with E-state index in [9.17, 15) is 0 Å². The zero-order valence-electron chi connectivity index (χ0n) is 12.7. The summed E-state index contributed by atoms with van der Waals surface area (Å²) in [7, 11) is 2.12. The summed E-state index contributed by atoms with van der Waals surface area (Å²) in [6.45, 7) is 7.72. The van der Waals surface area contributed by atoms with Crippen LogP contribution in [0, 0.1) is 0 Å². The molecule has 1 rings (SSSR count). The molecule has 0 bridgehead atoms. The number of likely N-dealkylation sites (N-methyl/N-ethyl adjacent to an activating group) is 1. The highest BCUT2D eigenvalue weighted by Gasteiger charge is 2.05. The van der Waals surface area contributed by atoms with Crippen LogP contribution in [0.5, 0.6) is 0 Å². The molecular weight excluding hydrogens is 244 g/mol. The standard InChI is InChI=1S/C18H26N2/c1-4-9-17(18(19)10-5-2)15-20(3)14-13-16-11-7-6-8-12-16/h4,6-12H,1,5,13-15,19H2,2-3H3/b17-9-,18-10+. The highest BCUT2D eigenvalue weighted by molar-refractivity contribution is 5.32. The lowest BCUT2D eigenvalue weighted by atomic mass is 10.1. The van der Waals surface area contributed by atoms with Crippen LogP contribution in [0.15, 0.2) is 66.4 Å². The highest BCUT2D eigenvalue weighted by atomic mass is 15.1. The summed E-state index contributed by atoms with van der Waals surface area (Å²) < 4.78 is 0. The zero-order chi connectivity index (χ0) is 14.8. The Morgan fingerprint density at radius 2 is 2.00 bits per heavy atom. The van der Waals surface area contributed by atoms with E-state index in [4.69, 9.17) is 5.73 Å². The normalized spacial score (nSPS) is 12.8. The minimum atomic E-state index is 0.848. The lowest BCUT2D eigenvalue weighted by molar-refractivity contribution is 0.368. The van der Waals surface area contributed by atoms with E-state index >= 15 is 0 Å². The van der Waals surface area contributed by atoms with Crippen molar-refractivity contribution in [1.82, 2.24) is 4.90 Å². The molecule has 0 heterocycles. The first-order chi connectivity index (χ1) is 9.67. The Labute approximate surface area is 123 Å². The number of nitrogens with zero attached hydrogens (tertiary/aromatic N) is 1. The lowest BCUT2D eigenvalue weighted by Crippen LogP contribution is -2.25. The van der Waals surface area contributed by atoms with Gasteiger partial charge in [0.2, 0.25) is 0 Å². The van der Waals surface area contributed by atoms with Crippen molar-refractivity contribution >= 4 is 0 Å². The number of benzene rings is 1. The fourth-order valence-electron chi connectivity index (χ4n) is 2.07. The third-order valence-corrected chi connectivity index (χ3v) is 3.18. The number of nitrogens with two attached hydrogens (primary N) is 1. The molecule has 2 heteroatoms. The second kappa shape index (κ2) is 9.16. The van der Waals surface area contributed by atoms with Gasteiger partial charge in [0.15, 0.2) is 0 Å². The van der Waals surface area contributed by atoms with E-state index in [-0.39, 0.29) is 0 Å². The first kappa shape index (κ1) is 16.3. The van der Waals surface area contributed by atoms with Crippen molar-refractivity contribution in [3.8, 4) is 0 Å². The number of hydrogen-bond acceptors (Lipinski definition) is 2. The van der Waals surface area contributed by atoms with E-state index in [0.717, 1.165) is 37.2 Å². The Balaban J connectivity index is 2.54. The van der Waals surface area contributed by atoms with Crippen LogP contribution in [0.3, 0.4) is 0 Å². The molecule has 0 spiro atoms. The van der Waals surface area contributed by atoms with Crippen LogP contribution < -0.4 is 5.73 Å². The Morgan fingerprint density at radius 1 is 1.30 bits per heavy atom. The molecule has 0 saturated carbocycles. The molecule has 0 unspecified atom stereocenters. The number of hydrogen-bond donors (Lipinski definition) is 1. The van der Waals surface area contributed by atoms with Gasteiger partial charge >= 0.3 is 0 Å². The second-order valence-electron chi connectivity index (χ2n) is 4.97. The lowest BCUT2D eigenvalue weighted by Gasteiger charge is -2.19. The van der Waals surface area contributed by atoms with Crippen molar-refractivity contribution in [3.05, 3.63) is 72.0 Å². The summed E-state index contributed by atoms with van der Waals surface area (Å²) in [5.74, 6) is 0. The van der Waals surface area contributed by atoms with E-state index in [1.165, 1.54) is 5.56 Å². The van der Waals surface area contributed by atoms with Gasteiger partial charge in [-0.2, -0.15) is 0 Å². The van der Waals surface area contributed by atoms with Crippen molar-refractivity contribution in [2.24, 2.45) is 5.73 Å². The Bertz CT molecular complexity index is 458. The van der Waals surface area contributed by atoms with Crippen molar-refractivity contribution < 1.29 is 0 Å². The van der Waals surface area contributed by atoms with E-state index in [1.54, 1.807) is 6.08 Å². The zero-order valence-corrected chi connectivity index (χ0v) is 12.7. The van der Waals surface area contributed by atoms with Gasteiger partial charge in [-0.1, -0.05) is 62.1 Å². The number of allylic oxidation sites excluding steroid dienone is 3. The molecule has 0 aliphatic carbocycles. The van der Waals surface area contributed by atoms with Crippen molar-refractivity contribution in [2.75, 3.05) is 20.1 Å². The smallest absolute Gasteiger partial charge is 0.0319 e. The summed E-state index contributed by atoms with van der Waals surface area (Å²) in [5.41, 5.74) is 9.45. The van der Waals surface area contributed by atoms with Crippen LogP contribution in [-0.2, 0) is 6.42 Å². The van der Waals surface area contributed by atoms with E-state index in [1.807, 2.05) is 12.1 Å². The van der Waals surface area contributed by atoms with Crippen LogP contribution in [-0.4, -0.2) is 25.0 Å². The summed E-state index contributed by atoms with van der Waals surface area (Å²) in [5, 5.41) is 0. The van der Waals surface area contributed by atoms with E-state index in [2.05, 4.69) is 55.8 Å². The fourth-order valence-corrected chi connectivity index (χ4v) is 2.07. The number of rotatable bonds is 8. The van der Waals surface area contributed by atoms with Gasteiger partial charge in [-0.25, -0.2) is 0 Å². The quantitative estimate of drug-likeness (QED) is 0.732. The van der Waals surface area contributed by atoms with Gasteiger partial charge in [0.05, 0.1) is 0 Å². The maximum Gasteiger partial charge on any atom is 0.0319 e. The summed E-state index contributed by atoms with van der Waals surface area (Å²) in [6, 6.07) is 10.6. The maximum atomic E-state index is 6.09. The van der Waals surface area contributed by atoms with Crippen LogP contribution in [0.4, 0.5) is 0 Å². The van der Waals surface area contributed by atoms with E-state index in [0.29, 0.717) is 0 Å². The van der Waals surface area contributed by atoms with E-state index < -0.39 is 0 Å². The Hall–Kier alpha value is -1.80. The molecule has 2 nitrogen and oxygen atoms in total. The van der Waals surface area contributed by atoms with Crippen molar-refractivity contribution in [2.45, 2.75) is 19.8 Å². The molecule has 0 fully saturated rings. The van der Waals surface area contributed by atoms with Crippen LogP contribution in [0.25, 0.3) is 0 Å². The van der Waals surface area contributed by atoms with Crippen molar-refractivity contribution in [3.63, 3.8) is 0 Å². The van der Waals surface area contributed by atoms with Gasteiger partial charge in [-0.15, -0.1) is 0 Å². The molecule has 108 valence electrons. The molecule has 1 aromatic rings. The van der Waals surface area contributed by atoms with Gasteiger partial charge in [0, 0.05) is 18.8 Å². The van der Waals surface area contributed by atoms with Gasteiger partial charge < -0.3 is 10.6 Å². The molecule has 0 aliphatic heterocycles. The third-order valence-electron chi connectivity index (χ3n) is 3.18. The SMILES string of the molecule is C=C/C=C(CN(C)CCc1ccccc1)\C(N)=C/CC. The third kappa shape index (κ3) is 5.89. The van der Waals surface area contributed by atoms with Crippen molar-refractivity contribution in [1.29, 1.82) is 0 Å². The Morgan fingerprint density at radius 3 is 2.60 bits per heavy atom.